The van der Waals surface area contributed by atoms with Crippen molar-refractivity contribution in [1.29, 1.82) is 0 Å². The molecule has 0 aliphatic rings. The standard InChI is InChI=1S/C12H18N2O2S2/c1-3-7-17-8-6-14-18(15,16)12-5-4-10(2)9-11(12)13/h3-5,9,14H,1,6-8,13H2,2H3. The Kier molecular flexibility index (Phi) is 5.71. The molecule has 0 fully saturated rings. The van der Waals surface area contributed by atoms with Gasteiger partial charge in [-0.05, 0) is 24.6 Å². The molecule has 0 radical (unpaired) electrons. The average Bonchev–Trinajstić information content (AvgIpc) is 2.28. The van der Waals surface area contributed by atoms with Crippen molar-refractivity contribution in [1.82, 2.24) is 4.72 Å². The van der Waals surface area contributed by atoms with Gasteiger partial charge in [0.25, 0.3) is 0 Å². The molecule has 0 unspecified atom stereocenters. The van der Waals surface area contributed by atoms with Crippen LogP contribution in [0.2, 0.25) is 0 Å². The van der Waals surface area contributed by atoms with Crippen molar-refractivity contribution < 1.29 is 8.42 Å². The van der Waals surface area contributed by atoms with Gasteiger partial charge >= 0.3 is 0 Å². The second kappa shape index (κ2) is 6.82. The minimum absolute atomic E-state index is 0.141. The van der Waals surface area contributed by atoms with E-state index in [1.54, 1.807) is 30.0 Å². The molecule has 1 rings (SSSR count). The summed E-state index contributed by atoms with van der Waals surface area (Å²) in [7, 11) is -3.51. The van der Waals surface area contributed by atoms with E-state index in [4.69, 9.17) is 5.73 Å². The second-order valence-electron chi connectivity index (χ2n) is 3.80. The van der Waals surface area contributed by atoms with Gasteiger partial charge in [-0.2, -0.15) is 11.8 Å². The van der Waals surface area contributed by atoms with Crippen molar-refractivity contribution in [3.63, 3.8) is 0 Å². The molecule has 6 heteroatoms. The number of sulfonamides is 1. The summed E-state index contributed by atoms with van der Waals surface area (Å²) < 4.78 is 26.5. The summed E-state index contributed by atoms with van der Waals surface area (Å²) in [5.41, 5.74) is 6.94. The lowest BCUT2D eigenvalue weighted by molar-refractivity contribution is 0.584. The number of nitrogens with two attached hydrogens (primary N) is 1. The smallest absolute Gasteiger partial charge is 0.242 e. The number of nitrogens with one attached hydrogen (secondary N) is 1. The van der Waals surface area contributed by atoms with E-state index in [-0.39, 0.29) is 10.6 Å². The van der Waals surface area contributed by atoms with Gasteiger partial charge in [0.2, 0.25) is 10.0 Å². The highest BCUT2D eigenvalue weighted by molar-refractivity contribution is 7.99. The first-order chi connectivity index (χ1) is 8.47. The molecule has 0 aromatic heterocycles. The zero-order valence-corrected chi connectivity index (χ0v) is 12.0. The Morgan fingerprint density at radius 3 is 2.83 bits per heavy atom. The molecule has 0 aliphatic heterocycles. The highest BCUT2D eigenvalue weighted by atomic mass is 32.2. The number of aryl methyl sites for hydroxylation is 1. The van der Waals surface area contributed by atoms with Crippen LogP contribution in [0.4, 0.5) is 5.69 Å². The monoisotopic (exact) mass is 286 g/mol. The molecule has 1 aromatic rings. The molecule has 18 heavy (non-hydrogen) atoms. The van der Waals surface area contributed by atoms with Gasteiger partial charge in [-0.15, -0.1) is 6.58 Å². The van der Waals surface area contributed by atoms with Gasteiger partial charge < -0.3 is 5.73 Å². The Bertz CT molecular complexity index is 513. The first-order valence-electron chi connectivity index (χ1n) is 5.52. The van der Waals surface area contributed by atoms with Gasteiger partial charge in [-0.1, -0.05) is 12.1 Å². The third-order valence-corrected chi connectivity index (χ3v) is 4.73. The van der Waals surface area contributed by atoms with Crippen molar-refractivity contribution in [2.24, 2.45) is 0 Å². The highest BCUT2D eigenvalue weighted by Gasteiger charge is 2.16. The van der Waals surface area contributed by atoms with Gasteiger partial charge in [0.1, 0.15) is 4.90 Å². The van der Waals surface area contributed by atoms with Crippen molar-refractivity contribution in [2.45, 2.75) is 11.8 Å². The lowest BCUT2D eigenvalue weighted by atomic mass is 10.2. The summed E-state index contributed by atoms with van der Waals surface area (Å²) in [5.74, 6) is 1.52. The molecule has 0 amide bonds. The summed E-state index contributed by atoms with van der Waals surface area (Å²) in [6.45, 7) is 5.85. The highest BCUT2D eigenvalue weighted by Crippen LogP contribution is 2.19. The molecule has 4 nitrogen and oxygen atoms in total. The average molecular weight is 286 g/mol. The van der Waals surface area contributed by atoms with E-state index in [0.717, 1.165) is 11.3 Å². The minimum atomic E-state index is -3.51. The maximum Gasteiger partial charge on any atom is 0.242 e. The van der Waals surface area contributed by atoms with Crippen LogP contribution in [0, 0.1) is 6.92 Å². The topological polar surface area (TPSA) is 72.2 Å². The van der Waals surface area contributed by atoms with Crippen LogP contribution in [0.25, 0.3) is 0 Å². The Balaban J connectivity index is 2.65. The normalized spacial score (nSPS) is 11.4. The molecule has 0 spiro atoms. The molecule has 1 aromatic carbocycles. The molecule has 0 saturated carbocycles. The Morgan fingerprint density at radius 2 is 2.22 bits per heavy atom. The van der Waals surface area contributed by atoms with Gasteiger partial charge in [-0.3, -0.25) is 0 Å². The number of benzene rings is 1. The van der Waals surface area contributed by atoms with E-state index in [0.29, 0.717) is 12.3 Å². The fourth-order valence-electron chi connectivity index (χ4n) is 1.41. The van der Waals surface area contributed by atoms with Crippen molar-refractivity contribution in [3.05, 3.63) is 36.4 Å². The Labute approximate surface area is 113 Å². The van der Waals surface area contributed by atoms with Gasteiger partial charge in [0.15, 0.2) is 0 Å². The Morgan fingerprint density at radius 1 is 1.50 bits per heavy atom. The van der Waals surface area contributed by atoms with E-state index < -0.39 is 10.0 Å². The second-order valence-corrected chi connectivity index (χ2v) is 6.69. The van der Waals surface area contributed by atoms with E-state index in [1.807, 2.05) is 6.92 Å². The fraction of sp³-hybridized carbons (Fsp3) is 0.333. The molecule has 100 valence electrons. The minimum Gasteiger partial charge on any atom is -0.398 e. The van der Waals surface area contributed by atoms with Crippen LogP contribution in [-0.2, 0) is 10.0 Å². The van der Waals surface area contributed by atoms with Crippen LogP contribution in [0.1, 0.15) is 5.56 Å². The predicted octanol–water partition coefficient (Wildman–Crippen LogP) is 1.77. The number of hydrogen-bond donors (Lipinski definition) is 2. The zero-order chi connectivity index (χ0) is 13.6. The lowest BCUT2D eigenvalue weighted by Crippen LogP contribution is -2.26. The first-order valence-corrected chi connectivity index (χ1v) is 8.15. The number of rotatable bonds is 7. The predicted molar refractivity (Wildman–Crippen MR) is 78.3 cm³/mol. The van der Waals surface area contributed by atoms with Gasteiger partial charge in [0.05, 0.1) is 5.69 Å². The number of nitrogen functional groups attached to an aromatic ring is 1. The SMILES string of the molecule is C=CCSCCNS(=O)(=O)c1ccc(C)cc1N. The largest absolute Gasteiger partial charge is 0.398 e. The molecule has 0 saturated heterocycles. The molecule has 3 N–H and O–H groups in total. The first kappa shape index (κ1) is 15.1. The molecular weight excluding hydrogens is 268 g/mol. The number of hydrogen-bond acceptors (Lipinski definition) is 4. The molecule has 0 aliphatic carbocycles. The summed E-state index contributed by atoms with van der Waals surface area (Å²) in [6.07, 6.45) is 1.79. The maximum absolute atomic E-state index is 12.0. The van der Waals surface area contributed by atoms with Crippen LogP contribution in [0.15, 0.2) is 35.7 Å². The van der Waals surface area contributed by atoms with Crippen molar-refractivity contribution >= 4 is 27.5 Å². The number of anilines is 1. The fourth-order valence-corrected chi connectivity index (χ4v) is 3.26. The van der Waals surface area contributed by atoms with Crippen LogP contribution < -0.4 is 10.5 Å². The summed E-state index contributed by atoms with van der Waals surface area (Å²) in [6, 6.07) is 4.92. The van der Waals surface area contributed by atoms with Crippen LogP contribution in [-0.4, -0.2) is 26.5 Å². The van der Waals surface area contributed by atoms with Crippen LogP contribution in [0.3, 0.4) is 0 Å². The molecule has 0 bridgehead atoms. The van der Waals surface area contributed by atoms with Crippen molar-refractivity contribution in [3.8, 4) is 0 Å². The molecule has 0 atom stereocenters. The molecular formula is C12H18N2O2S2. The summed E-state index contributed by atoms with van der Waals surface area (Å²) in [5, 5.41) is 0. The quantitative estimate of drug-likeness (QED) is 0.455. The summed E-state index contributed by atoms with van der Waals surface area (Å²) >= 11 is 1.62. The Hall–Kier alpha value is -0.980. The third-order valence-electron chi connectivity index (χ3n) is 2.23. The number of thioether (sulfide) groups is 1. The van der Waals surface area contributed by atoms with Crippen LogP contribution >= 0.6 is 11.8 Å². The van der Waals surface area contributed by atoms with Gasteiger partial charge in [0, 0.05) is 18.1 Å². The van der Waals surface area contributed by atoms with E-state index in [2.05, 4.69) is 11.3 Å². The van der Waals surface area contributed by atoms with Gasteiger partial charge in [-0.25, -0.2) is 13.1 Å². The van der Waals surface area contributed by atoms with Crippen LogP contribution in [0.5, 0.6) is 0 Å². The lowest BCUT2D eigenvalue weighted by Gasteiger charge is -2.09. The molecule has 0 heterocycles. The zero-order valence-electron chi connectivity index (χ0n) is 10.3. The van der Waals surface area contributed by atoms with E-state index in [9.17, 15) is 8.42 Å². The van der Waals surface area contributed by atoms with Crippen molar-refractivity contribution in [2.75, 3.05) is 23.8 Å². The summed E-state index contributed by atoms with van der Waals surface area (Å²) in [4.78, 5) is 0.141. The third kappa shape index (κ3) is 4.36. The maximum atomic E-state index is 12.0. The van der Waals surface area contributed by atoms with E-state index >= 15 is 0 Å². The van der Waals surface area contributed by atoms with E-state index in [1.165, 1.54) is 6.07 Å².